The molecule has 0 saturated carbocycles. The van der Waals surface area contributed by atoms with Crippen LogP contribution < -0.4 is 0 Å². The summed E-state index contributed by atoms with van der Waals surface area (Å²) >= 11 is 6.02. The van der Waals surface area contributed by atoms with Crippen molar-refractivity contribution in [2.75, 3.05) is 0 Å². The molecule has 4 nitrogen and oxygen atoms in total. The minimum Gasteiger partial charge on any atom is -0.494 e. The molecule has 0 saturated heterocycles. The number of hydrogen-bond donors (Lipinski definition) is 2. The standard InChI is InChI=1S/C26H15ClN2O2/c27-17-11-9-14(10-12-17)23-21-22(26(31)28-23)24(29-25(21)30)20-18-7-3-1-5-15(18)13-16-6-2-4-8-19(16)20/h1-13,28,31H. The molecular formula is C26H15ClN2O2. The SMILES string of the molecule is O=C1N=C(c2c3ccccc3cc3ccccc23)c2c(O)[nH]c(-c3ccc(Cl)cc3)c21. The molecule has 1 aliphatic rings. The van der Waals surface area contributed by atoms with E-state index in [1.54, 1.807) is 12.1 Å². The maximum absolute atomic E-state index is 13.1. The summed E-state index contributed by atoms with van der Waals surface area (Å²) in [6, 6.07) is 25.3. The summed E-state index contributed by atoms with van der Waals surface area (Å²) in [5.74, 6) is -0.440. The van der Waals surface area contributed by atoms with Gasteiger partial charge in [-0.05, 0) is 45.3 Å². The molecule has 2 heterocycles. The molecule has 0 bridgehead atoms. The molecule has 0 aliphatic carbocycles. The highest BCUT2D eigenvalue weighted by Gasteiger charge is 2.34. The predicted octanol–water partition coefficient (Wildman–Crippen LogP) is 6.34. The van der Waals surface area contributed by atoms with Gasteiger partial charge in [0, 0.05) is 10.6 Å². The minimum absolute atomic E-state index is 0.0680. The van der Waals surface area contributed by atoms with Crippen molar-refractivity contribution >= 4 is 44.8 Å². The van der Waals surface area contributed by atoms with Crippen LogP contribution in [0.1, 0.15) is 21.5 Å². The van der Waals surface area contributed by atoms with E-state index in [1.807, 2.05) is 60.7 Å². The molecule has 0 radical (unpaired) electrons. The van der Waals surface area contributed by atoms with Gasteiger partial charge in [0.05, 0.1) is 22.5 Å². The van der Waals surface area contributed by atoms with Gasteiger partial charge in [-0.3, -0.25) is 4.79 Å². The van der Waals surface area contributed by atoms with Gasteiger partial charge in [-0.25, -0.2) is 4.99 Å². The lowest BCUT2D eigenvalue weighted by atomic mass is 9.91. The first-order valence-electron chi connectivity index (χ1n) is 9.87. The minimum atomic E-state index is -0.372. The van der Waals surface area contributed by atoms with E-state index < -0.39 is 0 Å². The summed E-state index contributed by atoms with van der Waals surface area (Å²) in [5.41, 5.74) is 3.45. The van der Waals surface area contributed by atoms with Crippen LogP contribution in [-0.4, -0.2) is 21.7 Å². The van der Waals surface area contributed by atoms with Gasteiger partial charge in [0.15, 0.2) is 5.88 Å². The second-order valence-electron chi connectivity index (χ2n) is 7.56. The van der Waals surface area contributed by atoms with Gasteiger partial charge >= 0.3 is 0 Å². The summed E-state index contributed by atoms with van der Waals surface area (Å²) < 4.78 is 0. The van der Waals surface area contributed by atoms with Crippen molar-refractivity contribution in [3.05, 3.63) is 101 Å². The zero-order valence-electron chi connectivity index (χ0n) is 16.2. The lowest BCUT2D eigenvalue weighted by Crippen LogP contribution is -2.02. The molecule has 0 unspecified atom stereocenters. The summed E-state index contributed by atoms with van der Waals surface area (Å²) in [5, 5.41) is 15.5. The van der Waals surface area contributed by atoms with E-state index in [-0.39, 0.29) is 11.8 Å². The van der Waals surface area contributed by atoms with Crippen molar-refractivity contribution in [1.29, 1.82) is 0 Å². The Morgan fingerprint density at radius 1 is 0.774 bits per heavy atom. The molecule has 2 N–H and O–H groups in total. The summed E-state index contributed by atoms with van der Waals surface area (Å²) in [4.78, 5) is 20.5. The predicted molar refractivity (Wildman–Crippen MR) is 124 cm³/mol. The molecule has 1 aliphatic heterocycles. The van der Waals surface area contributed by atoms with Gasteiger partial charge in [-0.2, -0.15) is 0 Å². The third kappa shape index (κ3) is 2.62. The van der Waals surface area contributed by atoms with Crippen molar-refractivity contribution in [2.45, 2.75) is 0 Å². The van der Waals surface area contributed by atoms with Gasteiger partial charge in [0.1, 0.15) is 0 Å². The van der Waals surface area contributed by atoms with Crippen LogP contribution in [0, 0.1) is 0 Å². The Morgan fingerprint density at radius 3 is 2.03 bits per heavy atom. The Balaban J connectivity index is 1.66. The van der Waals surface area contributed by atoms with Gasteiger partial charge in [0.25, 0.3) is 5.91 Å². The monoisotopic (exact) mass is 422 g/mol. The third-order valence-corrected chi connectivity index (χ3v) is 6.04. The molecule has 31 heavy (non-hydrogen) atoms. The number of nitrogens with zero attached hydrogens (tertiary/aromatic N) is 1. The normalized spacial score (nSPS) is 13.1. The van der Waals surface area contributed by atoms with E-state index in [9.17, 15) is 9.90 Å². The van der Waals surface area contributed by atoms with Gasteiger partial charge < -0.3 is 10.1 Å². The first-order valence-corrected chi connectivity index (χ1v) is 10.2. The van der Waals surface area contributed by atoms with E-state index in [2.05, 4.69) is 16.0 Å². The highest BCUT2D eigenvalue weighted by Crippen LogP contribution is 2.41. The number of carbonyl (C=O) groups excluding carboxylic acids is 1. The lowest BCUT2D eigenvalue weighted by molar-refractivity contribution is 0.101. The van der Waals surface area contributed by atoms with Crippen LogP contribution >= 0.6 is 11.6 Å². The fraction of sp³-hybridized carbons (Fsp3) is 0. The number of halogens is 1. The van der Waals surface area contributed by atoms with Crippen LogP contribution in [0.25, 0.3) is 32.8 Å². The van der Waals surface area contributed by atoms with Gasteiger partial charge in [-0.15, -0.1) is 0 Å². The number of benzene rings is 4. The number of amides is 1. The molecule has 0 fully saturated rings. The van der Waals surface area contributed by atoms with Crippen molar-refractivity contribution in [1.82, 2.24) is 4.98 Å². The fourth-order valence-corrected chi connectivity index (χ4v) is 4.55. The molecule has 0 spiro atoms. The number of aromatic nitrogens is 1. The van der Waals surface area contributed by atoms with Crippen LogP contribution in [-0.2, 0) is 0 Å². The van der Waals surface area contributed by atoms with Crippen molar-refractivity contribution in [3.8, 4) is 17.1 Å². The van der Waals surface area contributed by atoms with Crippen LogP contribution in [0.5, 0.6) is 5.88 Å². The number of H-pyrrole nitrogens is 1. The number of aliphatic imine (C=N–C) groups is 1. The average Bonchev–Trinajstić information content (AvgIpc) is 3.31. The smallest absolute Gasteiger partial charge is 0.280 e. The fourth-order valence-electron chi connectivity index (χ4n) is 4.43. The van der Waals surface area contributed by atoms with E-state index in [0.717, 1.165) is 32.7 Å². The number of aromatic hydroxyl groups is 1. The second-order valence-corrected chi connectivity index (χ2v) is 8.00. The van der Waals surface area contributed by atoms with E-state index >= 15 is 0 Å². The molecule has 1 amide bonds. The Kier molecular flexibility index (Phi) is 3.79. The number of fused-ring (bicyclic) bond motifs is 3. The van der Waals surface area contributed by atoms with Crippen LogP contribution in [0.15, 0.2) is 83.9 Å². The molecule has 5 aromatic rings. The number of carbonyl (C=O) groups is 1. The Labute approximate surface area is 182 Å². The summed E-state index contributed by atoms with van der Waals surface area (Å²) in [7, 11) is 0. The first kappa shape index (κ1) is 17.9. The van der Waals surface area contributed by atoms with E-state index in [0.29, 0.717) is 27.6 Å². The summed E-state index contributed by atoms with van der Waals surface area (Å²) in [6.07, 6.45) is 0. The largest absolute Gasteiger partial charge is 0.494 e. The Bertz CT molecular complexity index is 1510. The van der Waals surface area contributed by atoms with E-state index in [4.69, 9.17) is 11.6 Å². The maximum atomic E-state index is 13.1. The van der Waals surface area contributed by atoms with Crippen LogP contribution in [0.4, 0.5) is 0 Å². The van der Waals surface area contributed by atoms with Crippen molar-refractivity contribution < 1.29 is 9.90 Å². The van der Waals surface area contributed by atoms with Crippen molar-refractivity contribution in [2.24, 2.45) is 4.99 Å². The van der Waals surface area contributed by atoms with Crippen molar-refractivity contribution in [3.63, 3.8) is 0 Å². The quantitative estimate of drug-likeness (QED) is 0.326. The Hall–Kier alpha value is -3.89. The van der Waals surface area contributed by atoms with Gasteiger partial charge in [-0.1, -0.05) is 72.3 Å². The maximum Gasteiger partial charge on any atom is 0.280 e. The zero-order valence-corrected chi connectivity index (χ0v) is 16.9. The summed E-state index contributed by atoms with van der Waals surface area (Å²) in [6.45, 7) is 0. The lowest BCUT2D eigenvalue weighted by Gasteiger charge is -2.12. The highest BCUT2D eigenvalue weighted by molar-refractivity contribution is 6.36. The molecule has 6 rings (SSSR count). The zero-order chi connectivity index (χ0) is 21.1. The number of hydrogen-bond acceptors (Lipinski definition) is 2. The second kappa shape index (κ2) is 6.56. The van der Waals surface area contributed by atoms with Gasteiger partial charge in [0.2, 0.25) is 0 Å². The average molecular weight is 423 g/mol. The molecule has 5 heteroatoms. The molecular weight excluding hydrogens is 408 g/mol. The molecule has 1 aromatic heterocycles. The van der Waals surface area contributed by atoms with E-state index in [1.165, 1.54) is 0 Å². The topological polar surface area (TPSA) is 65.4 Å². The van der Waals surface area contributed by atoms with Crippen LogP contribution in [0.2, 0.25) is 5.02 Å². The molecule has 0 atom stereocenters. The highest BCUT2D eigenvalue weighted by atomic mass is 35.5. The Morgan fingerprint density at radius 2 is 1.39 bits per heavy atom. The molecule has 148 valence electrons. The number of nitrogens with one attached hydrogen (secondary N) is 1. The first-order chi connectivity index (χ1) is 15.1. The van der Waals surface area contributed by atoms with Crippen LogP contribution in [0.3, 0.4) is 0 Å². The third-order valence-electron chi connectivity index (χ3n) is 5.79. The number of aromatic amines is 1. The molecule has 4 aromatic carbocycles. The number of rotatable bonds is 2.